The summed E-state index contributed by atoms with van der Waals surface area (Å²) >= 11 is 0. The lowest BCUT2D eigenvalue weighted by molar-refractivity contribution is 0.771. The van der Waals surface area contributed by atoms with Crippen molar-refractivity contribution in [2.24, 2.45) is 0 Å². The first-order valence-corrected chi connectivity index (χ1v) is 18.5. The van der Waals surface area contributed by atoms with Crippen LogP contribution in [0.25, 0.3) is 49.4 Å². The first kappa shape index (κ1) is 25.0. The predicted molar refractivity (Wildman–Crippen MR) is 230 cm³/mol. The second-order valence-corrected chi connectivity index (χ2v) is 14.0. The number of fused-ring (bicyclic) bond motifs is 7. The second-order valence-electron chi connectivity index (χ2n) is 14.0. The van der Waals surface area contributed by atoms with E-state index in [0.717, 1.165) is 72.4 Å². The topological polar surface area (TPSA) is 8.17 Å². The molecule has 258 valence electrons. The minimum absolute atomic E-state index is 0.0762. The van der Waals surface area contributed by atoms with Crippen molar-refractivity contribution in [1.29, 1.82) is 0 Å². The van der Waals surface area contributed by atoms with Gasteiger partial charge in [0, 0.05) is 33.5 Å². The van der Waals surface area contributed by atoms with Crippen LogP contribution in [0.3, 0.4) is 0 Å². The Balaban J connectivity index is 1.30. The summed E-state index contributed by atoms with van der Waals surface area (Å²) < 4.78 is 66.9. The fourth-order valence-corrected chi connectivity index (χ4v) is 8.77. The number of para-hydroxylation sites is 4. The standard InChI is InChI=1S/C53H36N2/c1-4-18-41(19-5-1)54(42-20-6-2-7-21-42)44-31-33-50-48(36-44)45-24-12-14-26-49(45)53(50,39-29-28-37-16-10-11-17-38(37)34-39)40-30-32-47-46-25-13-15-27-51(46)55(52(47)35-40)43-22-8-3-9-23-43/h1-36H/i10D,11D,16D,17D,28D,29D,34D. The van der Waals surface area contributed by atoms with Crippen LogP contribution in [0.1, 0.15) is 31.8 Å². The summed E-state index contributed by atoms with van der Waals surface area (Å²) in [7, 11) is 0. The molecule has 0 saturated heterocycles. The Hall–Kier alpha value is -7.16. The number of benzene rings is 9. The van der Waals surface area contributed by atoms with Crippen LogP contribution >= 0.6 is 0 Å². The molecule has 0 bridgehead atoms. The highest BCUT2D eigenvalue weighted by Crippen LogP contribution is 2.58. The molecule has 0 saturated carbocycles. The van der Waals surface area contributed by atoms with Crippen LogP contribution in [0.5, 0.6) is 0 Å². The van der Waals surface area contributed by atoms with Gasteiger partial charge in [0.2, 0.25) is 0 Å². The molecule has 1 unspecified atom stereocenters. The van der Waals surface area contributed by atoms with E-state index >= 15 is 0 Å². The second kappa shape index (κ2) is 12.5. The molecule has 0 spiro atoms. The van der Waals surface area contributed by atoms with Gasteiger partial charge < -0.3 is 9.47 Å². The van der Waals surface area contributed by atoms with Gasteiger partial charge in [0.15, 0.2) is 0 Å². The van der Waals surface area contributed by atoms with Crippen LogP contribution < -0.4 is 4.90 Å². The maximum Gasteiger partial charge on any atom is 0.0714 e. The molecule has 1 heterocycles. The molecule has 0 aliphatic heterocycles. The van der Waals surface area contributed by atoms with Gasteiger partial charge in [-0.3, -0.25) is 0 Å². The molecule has 11 rings (SSSR count). The van der Waals surface area contributed by atoms with E-state index in [1.54, 1.807) is 0 Å². The molecule has 2 nitrogen and oxygen atoms in total. The van der Waals surface area contributed by atoms with Gasteiger partial charge in [-0.15, -0.1) is 0 Å². The van der Waals surface area contributed by atoms with Crippen molar-refractivity contribution in [1.82, 2.24) is 4.57 Å². The molecule has 1 atom stereocenters. The lowest BCUT2D eigenvalue weighted by atomic mass is 9.67. The highest BCUT2D eigenvalue weighted by Gasteiger charge is 2.46. The molecule has 0 N–H and O–H groups in total. The summed E-state index contributed by atoms with van der Waals surface area (Å²) in [6.45, 7) is 0. The van der Waals surface area contributed by atoms with Gasteiger partial charge in [-0.1, -0.05) is 152 Å². The van der Waals surface area contributed by atoms with E-state index in [4.69, 9.17) is 5.48 Å². The third-order valence-corrected chi connectivity index (χ3v) is 11.1. The Morgan fingerprint density at radius 2 is 1.07 bits per heavy atom. The number of hydrogen-bond donors (Lipinski definition) is 0. The first-order chi connectivity index (χ1) is 30.2. The third kappa shape index (κ3) is 4.75. The molecule has 0 radical (unpaired) electrons. The average molecular weight is 708 g/mol. The fraction of sp³-hybridized carbons (Fsp3) is 0.0189. The lowest BCUT2D eigenvalue weighted by Gasteiger charge is -2.34. The molecule has 55 heavy (non-hydrogen) atoms. The minimum atomic E-state index is -1.38. The van der Waals surface area contributed by atoms with Crippen LogP contribution in [0.15, 0.2) is 218 Å². The van der Waals surface area contributed by atoms with E-state index < -0.39 is 29.6 Å². The SMILES string of the molecule is [2H]c1c([2H])c([2H])c2c([2H])c(C3(c4ccc5c6ccccc6n(-c6ccccc6)c5c4)c4ccccc4-c4cc(N(c5ccccc5)c5ccccc5)ccc43)c([2H])c([2H])c2c1[2H]. The molecule has 0 fully saturated rings. The summed E-state index contributed by atoms with van der Waals surface area (Å²) in [6, 6.07) is 56.9. The molecule has 2 heteroatoms. The van der Waals surface area contributed by atoms with Crippen molar-refractivity contribution < 1.29 is 9.60 Å². The van der Waals surface area contributed by atoms with Crippen molar-refractivity contribution in [2.75, 3.05) is 4.90 Å². The normalized spacial score (nSPS) is 16.4. The largest absolute Gasteiger partial charge is 0.310 e. The number of aromatic nitrogens is 1. The summed E-state index contributed by atoms with van der Waals surface area (Å²) in [5.74, 6) is 0. The number of nitrogens with zero attached hydrogens (tertiary/aromatic N) is 2. The zero-order chi connectivity index (χ0) is 42.4. The van der Waals surface area contributed by atoms with Gasteiger partial charge in [0.05, 0.1) is 26.0 Å². The maximum atomic E-state index is 10.1. The van der Waals surface area contributed by atoms with Crippen LogP contribution in [-0.2, 0) is 5.41 Å². The van der Waals surface area contributed by atoms with Gasteiger partial charge in [-0.2, -0.15) is 0 Å². The van der Waals surface area contributed by atoms with Crippen molar-refractivity contribution in [3.05, 3.63) is 240 Å². The number of rotatable bonds is 6. The van der Waals surface area contributed by atoms with Gasteiger partial charge in [-0.05, 0) is 111 Å². The molecular formula is C53H36N2. The molecule has 9 aromatic carbocycles. The highest BCUT2D eigenvalue weighted by molar-refractivity contribution is 6.10. The van der Waals surface area contributed by atoms with Crippen molar-refractivity contribution in [2.45, 2.75) is 5.41 Å². The molecule has 1 aliphatic carbocycles. The number of hydrogen-bond acceptors (Lipinski definition) is 1. The zero-order valence-electron chi connectivity index (χ0n) is 36.6. The van der Waals surface area contributed by atoms with Crippen molar-refractivity contribution in [3.63, 3.8) is 0 Å². The summed E-state index contributed by atoms with van der Waals surface area (Å²) in [5, 5.41) is 1.89. The van der Waals surface area contributed by atoms with E-state index in [9.17, 15) is 4.11 Å². The molecule has 1 aromatic heterocycles. The maximum absolute atomic E-state index is 10.1. The quantitative estimate of drug-likeness (QED) is 0.167. The molecule has 0 amide bonds. The third-order valence-electron chi connectivity index (χ3n) is 11.1. The van der Waals surface area contributed by atoms with E-state index in [1.165, 1.54) is 0 Å². The van der Waals surface area contributed by atoms with Crippen LogP contribution in [0.4, 0.5) is 17.1 Å². The van der Waals surface area contributed by atoms with Crippen LogP contribution in [-0.4, -0.2) is 4.57 Å². The van der Waals surface area contributed by atoms with Gasteiger partial charge >= 0.3 is 0 Å². The van der Waals surface area contributed by atoms with Gasteiger partial charge in [0.1, 0.15) is 0 Å². The van der Waals surface area contributed by atoms with Gasteiger partial charge in [0.25, 0.3) is 0 Å². The Morgan fingerprint density at radius 3 is 1.85 bits per heavy atom. The van der Waals surface area contributed by atoms with E-state index in [0.29, 0.717) is 0 Å². The number of anilines is 3. The zero-order valence-corrected chi connectivity index (χ0v) is 29.6. The van der Waals surface area contributed by atoms with Crippen LogP contribution in [0.2, 0.25) is 0 Å². The summed E-state index contributed by atoms with van der Waals surface area (Å²) in [5.41, 5.74) is 8.71. The monoisotopic (exact) mass is 707 g/mol. The van der Waals surface area contributed by atoms with E-state index in [-0.39, 0.29) is 34.5 Å². The smallest absolute Gasteiger partial charge is 0.0714 e. The molecular weight excluding hydrogens is 665 g/mol. The first-order valence-electron chi connectivity index (χ1n) is 22.0. The molecule has 1 aliphatic rings. The Morgan fingerprint density at radius 1 is 0.436 bits per heavy atom. The summed E-state index contributed by atoms with van der Waals surface area (Å²) in [4.78, 5) is 2.20. The van der Waals surface area contributed by atoms with E-state index in [2.05, 4.69) is 100 Å². The average Bonchev–Trinajstić information content (AvgIpc) is 3.80. The molecule has 10 aromatic rings. The minimum Gasteiger partial charge on any atom is -0.310 e. The Kier molecular flexibility index (Phi) is 5.66. The van der Waals surface area contributed by atoms with E-state index in [1.807, 2.05) is 84.9 Å². The Labute approximate surface area is 330 Å². The van der Waals surface area contributed by atoms with Crippen molar-refractivity contribution >= 4 is 49.6 Å². The highest BCUT2D eigenvalue weighted by atomic mass is 15.1. The Bertz CT molecular complexity index is 3400. The summed E-state index contributed by atoms with van der Waals surface area (Å²) in [6.07, 6.45) is 0. The lowest BCUT2D eigenvalue weighted by Crippen LogP contribution is -2.28. The predicted octanol–water partition coefficient (Wildman–Crippen LogP) is 13.8. The van der Waals surface area contributed by atoms with Crippen molar-refractivity contribution in [3.8, 4) is 16.8 Å². The fourth-order valence-electron chi connectivity index (χ4n) is 8.77. The van der Waals surface area contributed by atoms with Crippen LogP contribution in [0, 0.1) is 0 Å². The van der Waals surface area contributed by atoms with Gasteiger partial charge in [-0.25, -0.2) is 0 Å².